The number of carbonyl (C=O) groups excluding carboxylic acids is 2. The molecule has 0 radical (unpaired) electrons. The molecule has 2 aliphatic rings. The van der Waals surface area contributed by atoms with Crippen molar-refractivity contribution in [2.45, 2.75) is 45.4 Å². The van der Waals surface area contributed by atoms with E-state index < -0.39 is 11.7 Å². The molecule has 0 spiro atoms. The minimum Gasteiger partial charge on any atom is -0.485 e. The molecule has 26 heavy (non-hydrogen) atoms. The van der Waals surface area contributed by atoms with Crippen LogP contribution in [0, 0.1) is 0 Å². The fourth-order valence-corrected chi connectivity index (χ4v) is 3.09. The Labute approximate surface area is 153 Å². The average Bonchev–Trinajstić information content (AvgIpc) is 2.59. The first-order chi connectivity index (χ1) is 12.2. The van der Waals surface area contributed by atoms with Crippen molar-refractivity contribution in [1.29, 1.82) is 0 Å². The Kier molecular flexibility index (Phi) is 4.98. The summed E-state index contributed by atoms with van der Waals surface area (Å²) in [7, 11) is 0. The van der Waals surface area contributed by atoms with E-state index in [-0.39, 0.29) is 24.6 Å². The van der Waals surface area contributed by atoms with Crippen molar-refractivity contribution in [3.8, 4) is 11.5 Å². The van der Waals surface area contributed by atoms with Crippen molar-refractivity contribution in [3.05, 3.63) is 24.3 Å². The van der Waals surface area contributed by atoms with Gasteiger partial charge in [0, 0.05) is 25.7 Å². The van der Waals surface area contributed by atoms with E-state index in [0.29, 0.717) is 31.1 Å². The Morgan fingerprint density at radius 2 is 1.85 bits per heavy atom. The molecule has 0 aliphatic carbocycles. The normalized spacial score (nSPS) is 22.8. The van der Waals surface area contributed by atoms with E-state index in [0.717, 1.165) is 0 Å². The summed E-state index contributed by atoms with van der Waals surface area (Å²) in [6.45, 7) is 8.96. The van der Waals surface area contributed by atoms with Gasteiger partial charge >= 0.3 is 6.09 Å². The summed E-state index contributed by atoms with van der Waals surface area (Å²) < 4.78 is 16.9. The van der Waals surface area contributed by atoms with Crippen molar-refractivity contribution in [1.82, 2.24) is 9.80 Å². The van der Waals surface area contributed by atoms with Gasteiger partial charge in [0.05, 0.1) is 0 Å². The lowest BCUT2D eigenvalue weighted by atomic mass is 10.1. The maximum absolute atomic E-state index is 12.8. The fraction of sp³-hybridized carbons (Fsp3) is 0.579. The fourth-order valence-electron chi connectivity index (χ4n) is 3.09. The molecule has 2 heterocycles. The van der Waals surface area contributed by atoms with Gasteiger partial charge in [0.15, 0.2) is 11.5 Å². The van der Waals surface area contributed by atoms with Gasteiger partial charge in [0.2, 0.25) is 6.10 Å². The first-order valence-electron chi connectivity index (χ1n) is 8.91. The Morgan fingerprint density at radius 1 is 1.15 bits per heavy atom. The molecule has 0 N–H and O–H groups in total. The van der Waals surface area contributed by atoms with Crippen LogP contribution >= 0.6 is 0 Å². The molecule has 142 valence electrons. The number of hydrogen-bond donors (Lipinski definition) is 0. The number of rotatable bonds is 1. The quantitative estimate of drug-likeness (QED) is 0.767. The van der Waals surface area contributed by atoms with E-state index in [1.54, 1.807) is 15.9 Å². The standard InChI is InChI=1S/C19H26N2O5/c1-13-11-20(9-10-21(13)18(23)26-19(2,3)4)17(22)16-12-24-14-7-5-6-8-15(14)25-16/h5-8,13,16H,9-12H2,1-4H3/t13-,16-/m0/s1. The molecule has 3 rings (SSSR count). The molecule has 0 unspecified atom stereocenters. The third-order valence-electron chi connectivity index (χ3n) is 4.35. The van der Waals surface area contributed by atoms with Crippen LogP contribution in [0.3, 0.4) is 0 Å². The average molecular weight is 362 g/mol. The van der Waals surface area contributed by atoms with Crippen LogP contribution in [-0.2, 0) is 9.53 Å². The zero-order valence-corrected chi connectivity index (χ0v) is 15.7. The molecule has 0 saturated carbocycles. The summed E-state index contributed by atoms with van der Waals surface area (Å²) in [6, 6.07) is 7.19. The van der Waals surface area contributed by atoms with Crippen LogP contribution in [0.1, 0.15) is 27.7 Å². The maximum atomic E-state index is 12.8. The summed E-state index contributed by atoms with van der Waals surface area (Å²) in [6.07, 6.45) is -1.01. The van der Waals surface area contributed by atoms with E-state index in [1.807, 2.05) is 45.9 Å². The maximum Gasteiger partial charge on any atom is 0.410 e. The van der Waals surface area contributed by atoms with Gasteiger partial charge in [-0.2, -0.15) is 0 Å². The zero-order chi connectivity index (χ0) is 18.9. The van der Waals surface area contributed by atoms with Crippen LogP contribution in [0.2, 0.25) is 0 Å². The second-order valence-electron chi connectivity index (χ2n) is 7.67. The van der Waals surface area contributed by atoms with Gasteiger partial charge in [-0.1, -0.05) is 12.1 Å². The van der Waals surface area contributed by atoms with Crippen molar-refractivity contribution in [2.24, 2.45) is 0 Å². The van der Waals surface area contributed by atoms with Crippen LogP contribution in [0.5, 0.6) is 11.5 Å². The molecule has 1 saturated heterocycles. The van der Waals surface area contributed by atoms with Crippen LogP contribution in [0.15, 0.2) is 24.3 Å². The lowest BCUT2D eigenvalue weighted by molar-refractivity contribution is -0.144. The monoisotopic (exact) mass is 362 g/mol. The minimum absolute atomic E-state index is 0.116. The lowest BCUT2D eigenvalue weighted by Gasteiger charge is -2.41. The highest BCUT2D eigenvalue weighted by Crippen LogP contribution is 2.31. The zero-order valence-electron chi connectivity index (χ0n) is 15.7. The number of para-hydroxylation sites is 2. The highest BCUT2D eigenvalue weighted by Gasteiger charge is 2.37. The van der Waals surface area contributed by atoms with E-state index in [2.05, 4.69) is 0 Å². The van der Waals surface area contributed by atoms with E-state index in [4.69, 9.17) is 14.2 Å². The van der Waals surface area contributed by atoms with E-state index >= 15 is 0 Å². The molecular weight excluding hydrogens is 336 g/mol. The number of amides is 2. The molecule has 7 nitrogen and oxygen atoms in total. The Balaban J connectivity index is 1.59. The topological polar surface area (TPSA) is 68.3 Å². The van der Waals surface area contributed by atoms with Gasteiger partial charge in [-0.25, -0.2) is 4.79 Å². The van der Waals surface area contributed by atoms with Crippen molar-refractivity contribution in [3.63, 3.8) is 0 Å². The summed E-state index contributed by atoms with van der Waals surface area (Å²) in [5.74, 6) is 1.12. The molecule has 1 fully saturated rings. The van der Waals surface area contributed by atoms with Gasteiger partial charge in [0.25, 0.3) is 5.91 Å². The predicted octanol–water partition coefficient (Wildman–Crippen LogP) is 2.29. The van der Waals surface area contributed by atoms with Gasteiger partial charge < -0.3 is 24.0 Å². The molecule has 7 heteroatoms. The number of hydrogen-bond acceptors (Lipinski definition) is 5. The SMILES string of the molecule is C[C@H]1CN(C(=O)[C@@H]2COc3ccccc3O2)CCN1C(=O)OC(C)(C)C. The number of ether oxygens (including phenoxy) is 3. The van der Waals surface area contributed by atoms with Crippen molar-refractivity contribution >= 4 is 12.0 Å². The first-order valence-corrected chi connectivity index (χ1v) is 8.91. The molecule has 2 aliphatic heterocycles. The third-order valence-corrected chi connectivity index (χ3v) is 4.35. The summed E-state index contributed by atoms with van der Waals surface area (Å²) in [5.41, 5.74) is -0.537. The third kappa shape index (κ3) is 4.03. The van der Waals surface area contributed by atoms with Crippen molar-refractivity contribution in [2.75, 3.05) is 26.2 Å². The van der Waals surface area contributed by atoms with Crippen LogP contribution in [-0.4, -0.2) is 65.8 Å². The molecule has 2 amide bonds. The number of carbonyl (C=O) groups is 2. The number of nitrogens with zero attached hydrogens (tertiary/aromatic N) is 2. The highest BCUT2D eigenvalue weighted by molar-refractivity contribution is 5.82. The second kappa shape index (κ2) is 7.05. The van der Waals surface area contributed by atoms with E-state index in [9.17, 15) is 9.59 Å². The van der Waals surface area contributed by atoms with Gasteiger partial charge in [-0.15, -0.1) is 0 Å². The summed E-state index contributed by atoms with van der Waals surface area (Å²) in [5, 5.41) is 0. The van der Waals surface area contributed by atoms with E-state index in [1.165, 1.54) is 0 Å². The lowest BCUT2D eigenvalue weighted by Crippen LogP contribution is -2.59. The van der Waals surface area contributed by atoms with Gasteiger partial charge in [0.1, 0.15) is 12.2 Å². The first kappa shape index (κ1) is 18.4. The second-order valence-corrected chi connectivity index (χ2v) is 7.67. The largest absolute Gasteiger partial charge is 0.485 e. The van der Waals surface area contributed by atoms with Crippen LogP contribution < -0.4 is 9.47 Å². The Morgan fingerprint density at radius 3 is 2.50 bits per heavy atom. The highest BCUT2D eigenvalue weighted by atomic mass is 16.6. The number of fused-ring (bicyclic) bond motifs is 1. The van der Waals surface area contributed by atoms with Gasteiger partial charge in [-0.3, -0.25) is 4.79 Å². The smallest absolute Gasteiger partial charge is 0.410 e. The summed E-state index contributed by atoms with van der Waals surface area (Å²) >= 11 is 0. The van der Waals surface area contributed by atoms with Crippen molar-refractivity contribution < 1.29 is 23.8 Å². The molecular formula is C19H26N2O5. The molecule has 0 bridgehead atoms. The van der Waals surface area contributed by atoms with Crippen LogP contribution in [0.4, 0.5) is 4.79 Å². The van der Waals surface area contributed by atoms with Gasteiger partial charge in [-0.05, 0) is 39.8 Å². The predicted molar refractivity (Wildman–Crippen MR) is 95.3 cm³/mol. The minimum atomic E-state index is -0.662. The molecule has 1 aromatic rings. The number of piperazine rings is 1. The summed E-state index contributed by atoms with van der Waals surface area (Å²) in [4.78, 5) is 28.5. The number of benzene rings is 1. The Bertz CT molecular complexity index is 685. The van der Waals surface area contributed by atoms with Crippen LogP contribution in [0.25, 0.3) is 0 Å². The molecule has 2 atom stereocenters. The Hall–Kier alpha value is -2.44. The molecule has 0 aromatic heterocycles. The molecule has 1 aromatic carbocycles.